The minimum atomic E-state index is -0.315. The predicted octanol–water partition coefficient (Wildman–Crippen LogP) is 3.21. The van der Waals surface area contributed by atoms with E-state index in [-0.39, 0.29) is 18.3 Å². The first-order chi connectivity index (χ1) is 14.5. The van der Waals surface area contributed by atoms with Crippen LogP contribution in [0.4, 0.5) is 4.39 Å². The zero-order valence-corrected chi connectivity index (χ0v) is 17.1. The summed E-state index contributed by atoms with van der Waals surface area (Å²) in [7, 11) is 1.48. The molecule has 0 saturated carbocycles. The molecule has 0 saturated heterocycles. The Bertz CT molecular complexity index is 1220. The summed E-state index contributed by atoms with van der Waals surface area (Å²) in [6, 6.07) is 12.3. The number of methoxy groups -OCH3 is 1. The maximum absolute atomic E-state index is 13.3. The Morgan fingerprint density at radius 2 is 1.83 bits per heavy atom. The molecular weight excluding hydrogens is 385 g/mol. The Balaban J connectivity index is 1.75. The Hall–Kier alpha value is -3.39. The molecule has 0 fully saturated rings. The molecule has 0 radical (unpaired) electrons. The van der Waals surface area contributed by atoms with Gasteiger partial charge in [0.2, 0.25) is 5.91 Å². The second-order valence-corrected chi connectivity index (χ2v) is 7.39. The van der Waals surface area contributed by atoms with Crippen LogP contribution >= 0.6 is 0 Å². The Labute approximate surface area is 173 Å². The van der Waals surface area contributed by atoms with Crippen molar-refractivity contribution in [3.05, 3.63) is 70.5 Å². The van der Waals surface area contributed by atoms with Crippen LogP contribution < -0.4 is 0 Å². The number of tetrazole rings is 1. The van der Waals surface area contributed by atoms with Crippen LogP contribution in [0.1, 0.15) is 22.3 Å². The summed E-state index contributed by atoms with van der Waals surface area (Å²) in [6.45, 7) is 4.68. The molecule has 0 N–H and O–H groups in total. The lowest BCUT2D eigenvalue weighted by atomic mass is 10.0. The van der Waals surface area contributed by atoms with Crippen LogP contribution in [-0.4, -0.2) is 44.6 Å². The lowest BCUT2D eigenvalue weighted by Crippen LogP contribution is -2.33. The molecule has 30 heavy (non-hydrogen) atoms. The SMILES string of the molecule is COCC(=O)N(Cc1ccc(F)cc1)Cc1cc2cc(C)c(C)cc2n2nnnc12. The standard InChI is InChI=1S/C22H22FN5O2/c1-14-8-17-10-18(22-24-25-26-28(22)20(17)9-15(14)2)12-27(21(29)13-30-3)11-16-4-6-19(23)7-5-16/h4-10H,11-13H2,1-3H3. The lowest BCUT2D eigenvalue weighted by Gasteiger charge is -2.23. The van der Waals surface area contributed by atoms with Gasteiger partial charge in [-0.25, -0.2) is 4.39 Å². The van der Waals surface area contributed by atoms with Gasteiger partial charge in [0.05, 0.1) is 5.52 Å². The van der Waals surface area contributed by atoms with Gasteiger partial charge in [-0.15, -0.1) is 5.10 Å². The third-order valence-corrected chi connectivity index (χ3v) is 5.23. The topological polar surface area (TPSA) is 72.6 Å². The van der Waals surface area contributed by atoms with E-state index in [2.05, 4.69) is 34.6 Å². The number of ether oxygens (including phenoxy) is 1. The smallest absolute Gasteiger partial charge is 0.249 e. The lowest BCUT2D eigenvalue weighted by molar-refractivity contribution is -0.136. The first kappa shape index (κ1) is 19.9. The van der Waals surface area contributed by atoms with Crippen molar-refractivity contribution in [3.63, 3.8) is 0 Å². The van der Waals surface area contributed by atoms with E-state index in [1.165, 1.54) is 24.8 Å². The molecule has 7 nitrogen and oxygen atoms in total. The first-order valence-electron chi connectivity index (χ1n) is 9.58. The number of nitrogens with zero attached hydrogens (tertiary/aromatic N) is 5. The molecule has 0 aliphatic rings. The van der Waals surface area contributed by atoms with Gasteiger partial charge in [0.25, 0.3) is 0 Å². The predicted molar refractivity (Wildman–Crippen MR) is 110 cm³/mol. The maximum atomic E-state index is 13.3. The van der Waals surface area contributed by atoms with Crippen molar-refractivity contribution >= 4 is 22.5 Å². The number of hydrogen-bond donors (Lipinski definition) is 0. The van der Waals surface area contributed by atoms with Gasteiger partial charge in [-0.1, -0.05) is 12.1 Å². The third-order valence-electron chi connectivity index (χ3n) is 5.23. The molecule has 4 rings (SSSR count). The van der Waals surface area contributed by atoms with Gasteiger partial charge in [0.15, 0.2) is 5.65 Å². The number of amides is 1. The van der Waals surface area contributed by atoms with Gasteiger partial charge in [-0.05, 0) is 71.3 Å². The summed E-state index contributed by atoms with van der Waals surface area (Å²) in [5.74, 6) is -0.488. The number of aryl methyl sites for hydroxylation is 2. The summed E-state index contributed by atoms with van der Waals surface area (Å²) in [5.41, 5.74) is 5.47. The molecule has 154 valence electrons. The molecule has 4 aromatic rings. The number of benzene rings is 2. The number of rotatable bonds is 6. The number of hydrogen-bond acceptors (Lipinski definition) is 5. The maximum Gasteiger partial charge on any atom is 0.249 e. The zero-order valence-electron chi connectivity index (χ0n) is 17.1. The molecule has 0 spiro atoms. The van der Waals surface area contributed by atoms with E-state index in [4.69, 9.17) is 4.74 Å². The van der Waals surface area contributed by atoms with Crippen LogP contribution in [-0.2, 0) is 22.6 Å². The van der Waals surface area contributed by atoms with E-state index in [0.717, 1.165) is 27.6 Å². The second kappa shape index (κ2) is 8.16. The highest BCUT2D eigenvalue weighted by Gasteiger charge is 2.19. The van der Waals surface area contributed by atoms with Gasteiger partial charge in [0, 0.05) is 31.1 Å². The van der Waals surface area contributed by atoms with Gasteiger partial charge >= 0.3 is 0 Å². The third kappa shape index (κ3) is 3.86. The van der Waals surface area contributed by atoms with Crippen molar-refractivity contribution < 1.29 is 13.9 Å². The average Bonchev–Trinajstić information content (AvgIpc) is 3.21. The molecule has 0 aliphatic heterocycles. The van der Waals surface area contributed by atoms with E-state index in [9.17, 15) is 9.18 Å². The highest BCUT2D eigenvalue weighted by atomic mass is 19.1. The number of carbonyl (C=O) groups excluding carboxylic acids is 1. The van der Waals surface area contributed by atoms with Gasteiger partial charge in [-0.3, -0.25) is 4.79 Å². The summed E-state index contributed by atoms with van der Waals surface area (Å²) in [5, 5.41) is 13.2. The number of pyridine rings is 1. The van der Waals surface area contributed by atoms with Crippen molar-refractivity contribution in [1.82, 2.24) is 24.9 Å². The zero-order chi connectivity index (χ0) is 21.3. The van der Waals surface area contributed by atoms with Crippen molar-refractivity contribution in [2.45, 2.75) is 26.9 Å². The van der Waals surface area contributed by atoms with E-state index in [0.29, 0.717) is 18.7 Å². The Morgan fingerprint density at radius 3 is 2.57 bits per heavy atom. The average molecular weight is 407 g/mol. The molecule has 2 aromatic heterocycles. The summed E-state index contributed by atoms with van der Waals surface area (Å²) in [6.07, 6.45) is 0. The Morgan fingerprint density at radius 1 is 1.10 bits per heavy atom. The van der Waals surface area contributed by atoms with Gasteiger partial charge in [0.1, 0.15) is 12.4 Å². The fraction of sp³-hybridized carbons (Fsp3) is 0.273. The fourth-order valence-corrected chi connectivity index (χ4v) is 3.50. The molecule has 0 atom stereocenters. The van der Waals surface area contributed by atoms with Crippen LogP contribution in [0.25, 0.3) is 16.6 Å². The minimum Gasteiger partial charge on any atom is -0.375 e. The van der Waals surface area contributed by atoms with Crippen LogP contribution in [0.2, 0.25) is 0 Å². The molecule has 1 amide bonds. The van der Waals surface area contributed by atoms with Gasteiger partial charge < -0.3 is 9.64 Å². The van der Waals surface area contributed by atoms with E-state index in [1.807, 2.05) is 13.0 Å². The van der Waals surface area contributed by atoms with Crippen molar-refractivity contribution in [1.29, 1.82) is 0 Å². The Kier molecular flexibility index (Phi) is 5.41. The van der Waals surface area contributed by atoms with Crippen molar-refractivity contribution in [2.24, 2.45) is 0 Å². The quantitative estimate of drug-likeness (QED) is 0.491. The van der Waals surface area contributed by atoms with E-state index < -0.39 is 0 Å². The normalized spacial score (nSPS) is 11.3. The highest BCUT2D eigenvalue weighted by molar-refractivity contribution is 5.85. The van der Waals surface area contributed by atoms with Crippen LogP contribution in [0.3, 0.4) is 0 Å². The number of aromatic nitrogens is 4. The summed E-state index contributed by atoms with van der Waals surface area (Å²) in [4.78, 5) is 14.4. The molecule has 8 heteroatoms. The van der Waals surface area contributed by atoms with E-state index in [1.54, 1.807) is 21.5 Å². The largest absolute Gasteiger partial charge is 0.375 e. The van der Waals surface area contributed by atoms with Crippen molar-refractivity contribution in [2.75, 3.05) is 13.7 Å². The second-order valence-electron chi connectivity index (χ2n) is 7.39. The number of carbonyl (C=O) groups is 1. The molecule has 2 aromatic carbocycles. The van der Waals surface area contributed by atoms with Crippen LogP contribution in [0.15, 0.2) is 42.5 Å². The molecule has 0 unspecified atom stereocenters. The molecule has 0 bridgehead atoms. The van der Waals surface area contributed by atoms with Gasteiger partial charge in [-0.2, -0.15) is 4.52 Å². The fourth-order valence-electron chi connectivity index (χ4n) is 3.50. The molecular formula is C22H22FN5O2. The van der Waals surface area contributed by atoms with Crippen LogP contribution in [0.5, 0.6) is 0 Å². The molecule has 0 aliphatic carbocycles. The number of halogens is 1. The summed E-state index contributed by atoms with van der Waals surface area (Å²) >= 11 is 0. The van der Waals surface area contributed by atoms with Crippen LogP contribution in [0, 0.1) is 19.7 Å². The summed E-state index contributed by atoms with van der Waals surface area (Å²) < 4.78 is 20.0. The highest BCUT2D eigenvalue weighted by Crippen LogP contribution is 2.24. The first-order valence-corrected chi connectivity index (χ1v) is 9.58. The van der Waals surface area contributed by atoms with E-state index >= 15 is 0 Å². The molecule has 2 heterocycles. The van der Waals surface area contributed by atoms with Crippen molar-refractivity contribution in [3.8, 4) is 0 Å². The minimum absolute atomic E-state index is 0.0473. The monoisotopic (exact) mass is 407 g/mol. The number of fused-ring (bicyclic) bond motifs is 3.